The fourth-order valence-electron chi connectivity index (χ4n) is 4.19. The van der Waals surface area contributed by atoms with Crippen molar-refractivity contribution >= 4 is 35.2 Å². The summed E-state index contributed by atoms with van der Waals surface area (Å²) >= 11 is 0. The molecule has 1 saturated heterocycles. The molecule has 1 aromatic heterocycles. The molecule has 0 spiro atoms. The molecular formula is C25H30ClN3O. The molecular weight excluding hydrogens is 394 g/mol. The summed E-state index contributed by atoms with van der Waals surface area (Å²) in [6.07, 6.45) is 4.41. The van der Waals surface area contributed by atoms with Crippen molar-refractivity contribution in [3.8, 4) is 0 Å². The number of aryl methyl sites for hydroxylation is 1. The molecule has 0 saturated carbocycles. The van der Waals surface area contributed by atoms with Crippen molar-refractivity contribution in [2.24, 2.45) is 7.05 Å². The van der Waals surface area contributed by atoms with Crippen LogP contribution in [0.5, 0.6) is 0 Å². The smallest absolute Gasteiger partial charge is 0.179 e. The van der Waals surface area contributed by atoms with Crippen molar-refractivity contribution in [1.29, 1.82) is 0 Å². The molecule has 30 heavy (non-hydrogen) atoms. The first-order chi connectivity index (χ1) is 14.1. The largest absolute Gasteiger partial charge is 0.347 e. The lowest BCUT2D eigenvalue weighted by molar-refractivity contribution is 0.0866. The van der Waals surface area contributed by atoms with E-state index in [9.17, 15) is 4.79 Å². The molecule has 3 aromatic rings. The van der Waals surface area contributed by atoms with Crippen LogP contribution in [-0.2, 0) is 7.05 Å². The monoisotopic (exact) mass is 423 g/mol. The van der Waals surface area contributed by atoms with Gasteiger partial charge < -0.3 is 4.57 Å². The van der Waals surface area contributed by atoms with E-state index in [0.29, 0.717) is 6.54 Å². The first kappa shape index (κ1) is 22.3. The average molecular weight is 424 g/mol. The number of hydrogen-bond donors (Lipinski definition) is 0. The van der Waals surface area contributed by atoms with Crippen molar-refractivity contribution in [1.82, 2.24) is 14.4 Å². The molecule has 0 aliphatic carbocycles. The maximum atomic E-state index is 13.1. The van der Waals surface area contributed by atoms with Gasteiger partial charge in [0.2, 0.25) is 0 Å². The number of carbonyl (C=O) groups excluding carboxylic acids is 1. The highest BCUT2D eigenvalue weighted by atomic mass is 35.5. The Morgan fingerprint density at radius 1 is 0.933 bits per heavy atom. The maximum Gasteiger partial charge on any atom is 0.179 e. The first-order valence-electron chi connectivity index (χ1n) is 10.4. The average Bonchev–Trinajstić information content (AvgIpc) is 3.01. The molecule has 0 N–H and O–H groups in total. The highest BCUT2D eigenvalue weighted by molar-refractivity contribution is 6.10. The fraction of sp³-hybridized carbons (Fsp3) is 0.320. The molecule has 0 bridgehead atoms. The highest BCUT2D eigenvalue weighted by Crippen LogP contribution is 2.25. The lowest BCUT2D eigenvalue weighted by Crippen LogP contribution is -2.47. The number of para-hydroxylation sites is 1. The van der Waals surface area contributed by atoms with Crippen molar-refractivity contribution in [2.75, 3.05) is 39.3 Å². The molecule has 0 atom stereocenters. The summed E-state index contributed by atoms with van der Waals surface area (Å²) in [5, 5.41) is 1.07. The number of aromatic nitrogens is 1. The van der Waals surface area contributed by atoms with Gasteiger partial charge in [-0.25, -0.2) is 0 Å². The second-order valence-electron chi connectivity index (χ2n) is 7.85. The number of carbonyl (C=O) groups is 1. The Morgan fingerprint density at radius 2 is 1.57 bits per heavy atom. The molecule has 0 radical (unpaired) electrons. The molecule has 158 valence electrons. The van der Waals surface area contributed by atoms with Gasteiger partial charge in [0, 0.05) is 61.9 Å². The minimum atomic E-state index is 0. The summed E-state index contributed by atoms with van der Waals surface area (Å²) < 4.78 is 2.12. The minimum absolute atomic E-state index is 0. The van der Waals surface area contributed by atoms with E-state index in [4.69, 9.17) is 0 Å². The van der Waals surface area contributed by atoms with E-state index in [1.165, 1.54) is 5.56 Å². The number of Topliss-reactive ketones (excluding diaryl/α,β-unsaturated/α-hetero) is 1. The molecule has 0 amide bonds. The molecule has 5 heteroatoms. The lowest BCUT2D eigenvalue weighted by atomic mass is 10.1. The Bertz CT molecular complexity index is 1020. The molecule has 1 aliphatic heterocycles. The van der Waals surface area contributed by atoms with E-state index < -0.39 is 0 Å². The van der Waals surface area contributed by atoms with Gasteiger partial charge in [0.1, 0.15) is 0 Å². The molecule has 1 aliphatic rings. The van der Waals surface area contributed by atoms with Crippen LogP contribution in [-0.4, -0.2) is 59.4 Å². The van der Waals surface area contributed by atoms with Gasteiger partial charge in [-0.1, -0.05) is 60.7 Å². The summed E-state index contributed by atoms with van der Waals surface area (Å²) in [5.41, 5.74) is 4.31. The Labute approximate surface area is 185 Å². The predicted molar refractivity (Wildman–Crippen MR) is 128 cm³/mol. The maximum absolute atomic E-state index is 13.1. The summed E-state index contributed by atoms with van der Waals surface area (Å²) in [6, 6.07) is 18.6. The van der Waals surface area contributed by atoms with Gasteiger partial charge in [-0.05, 0) is 18.6 Å². The van der Waals surface area contributed by atoms with Crippen LogP contribution >= 0.6 is 12.4 Å². The first-order valence-corrected chi connectivity index (χ1v) is 10.4. The SMILES string of the molecule is Cc1c(C(=O)CN2CCN(C/C=C/c3ccccc3)CC2)c2ccccc2n1C.Cl. The van der Waals surface area contributed by atoms with Gasteiger partial charge in [0.15, 0.2) is 5.78 Å². The normalized spacial score (nSPS) is 15.5. The van der Waals surface area contributed by atoms with Gasteiger partial charge in [-0.2, -0.15) is 0 Å². The van der Waals surface area contributed by atoms with Crippen molar-refractivity contribution in [3.05, 3.63) is 77.5 Å². The van der Waals surface area contributed by atoms with Crippen LogP contribution in [0.1, 0.15) is 21.6 Å². The zero-order chi connectivity index (χ0) is 20.2. The number of fused-ring (bicyclic) bond motifs is 1. The third kappa shape index (κ3) is 4.84. The molecule has 4 rings (SSSR count). The number of piperazine rings is 1. The third-order valence-corrected chi connectivity index (χ3v) is 5.98. The Morgan fingerprint density at radius 3 is 2.30 bits per heavy atom. The van der Waals surface area contributed by atoms with Crippen LogP contribution in [0.4, 0.5) is 0 Å². The van der Waals surface area contributed by atoms with Crippen molar-refractivity contribution in [3.63, 3.8) is 0 Å². The van der Waals surface area contributed by atoms with E-state index in [0.717, 1.165) is 54.9 Å². The summed E-state index contributed by atoms with van der Waals surface area (Å²) in [7, 11) is 2.04. The third-order valence-electron chi connectivity index (χ3n) is 5.98. The number of hydrogen-bond acceptors (Lipinski definition) is 3. The second-order valence-corrected chi connectivity index (χ2v) is 7.85. The van der Waals surface area contributed by atoms with E-state index in [2.05, 4.69) is 62.9 Å². The lowest BCUT2D eigenvalue weighted by Gasteiger charge is -2.33. The van der Waals surface area contributed by atoms with Crippen LogP contribution in [0.3, 0.4) is 0 Å². The van der Waals surface area contributed by atoms with E-state index in [-0.39, 0.29) is 18.2 Å². The molecule has 1 fully saturated rings. The molecule has 0 unspecified atom stereocenters. The van der Waals surface area contributed by atoms with Gasteiger partial charge >= 0.3 is 0 Å². The van der Waals surface area contributed by atoms with Crippen LogP contribution in [0.25, 0.3) is 17.0 Å². The predicted octanol–water partition coefficient (Wildman–Crippen LogP) is 4.42. The van der Waals surface area contributed by atoms with Crippen molar-refractivity contribution in [2.45, 2.75) is 6.92 Å². The van der Waals surface area contributed by atoms with Crippen LogP contribution in [0.2, 0.25) is 0 Å². The number of ketones is 1. The molecule has 2 heterocycles. The number of rotatable bonds is 6. The summed E-state index contributed by atoms with van der Waals surface area (Å²) in [5.74, 6) is 0.233. The highest BCUT2D eigenvalue weighted by Gasteiger charge is 2.22. The molecule has 4 nitrogen and oxygen atoms in total. The Kier molecular flexibility index (Phi) is 7.48. The van der Waals surface area contributed by atoms with Crippen LogP contribution in [0.15, 0.2) is 60.7 Å². The fourth-order valence-corrected chi connectivity index (χ4v) is 4.19. The quantitative estimate of drug-likeness (QED) is 0.549. The number of benzene rings is 2. The van der Waals surface area contributed by atoms with Gasteiger partial charge in [0.25, 0.3) is 0 Å². The summed E-state index contributed by atoms with van der Waals surface area (Å²) in [6.45, 7) is 7.39. The zero-order valence-electron chi connectivity index (χ0n) is 17.8. The van der Waals surface area contributed by atoms with Gasteiger partial charge in [-0.15, -0.1) is 12.4 Å². The topological polar surface area (TPSA) is 28.5 Å². The Balaban J connectivity index is 0.00000256. The Hall–Kier alpha value is -2.40. The zero-order valence-corrected chi connectivity index (χ0v) is 18.6. The van der Waals surface area contributed by atoms with Gasteiger partial charge in [-0.3, -0.25) is 14.6 Å². The van der Waals surface area contributed by atoms with E-state index in [1.54, 1.807) is 0 Å². The number of halogens is 1. The van der Waals surface area contributed by atoms with E-state index >= 15 is 0 Å². The van der Waals surface area contributed by atoms with Crippen LogP contribution in [0, 0.1) is 6.92 Å². The summed E-state index contributed by atoms with van der Waals surface area (Å²) in [4.78, 5) is 17.8. The van der Waals surface area contributed by atoms with Crippen molar-refractivity contribution < 1.29 is 4.79 Å². The molecule has 2 aromatic carbocycles. The number of nitrogens with zero attached hydrogens (tertiary/aromatic N) is 3. The van der Waals surface area contributed by atoms with E-state index in [1.807, 2.05) is 32.2 Å². The second kappa shape index (κ2) is 10.1. The minimum Gasteiger partial charge on any atom is -0.347 e. The standard InChI is InChI=1S/C25H29N3O.ClH/c1-20-25(22-12-6-7-13-23(22)26(20)2)24(29)19-28-17-15-27(16-18-28)14-8-11-21-9-4-3-5-10-21;/h3-13H,14-19H2,1-2H3;1H/b11-8+;. The van der Waals surface area contributed by atoms with Gasteiger partial charge in [0.05, 0.1) is 6.54 Å². The van der Waals surface area contributed by atoms with Crippen LogP contribution < -0.4 is 0 Å².